The fraction of sp³-hybridized carbons (Fsp3) is 0.500. The molecular weight excluding hydrogens is 483 g/mol. The summed E-state index contributed by atoms with van der Waals surface area (Å²) in [6, 6.07) is 7.42. The van der Waals surface area contributed by atoms with Crippen molar-refractivity contribution in [1.82, 2.24) is 9.55 Å². The van der Waals surface area contributed by atoms with Gasteiger partial charge in [-0.15, -0.1) is 0 Å². The molecule has 0 radical (unpaired) electrons. The van der Waals surface area contributed by atoms with Gasteiger partial charge in [-0.05, 0) is 62.6 Å². The maximum absolute atomic E-state index is 14.0. The van der Waals surface area contributed by atoms with Crippen molar-refractivity contribution in [3.63, 3.8) is 0 Å². The summed E-state index contributed by atoms with van der Waals surface area (Å²) in [4.78, 5) is 17.5. The number of aromatic nitrogens is 2. The van der Waals surface area contributed by atoms with E-state index < -0.39 is 24.2 Å². The van der Waals surface area contributed by atoms with Crippen LogP contribution >= 0.6 is 0 Å². The minimum absolute atomic E-state index is 0.129. The fourth-order valence-electron chi connectivity index (χ4n) is 4.66. The molecule has 1 unspecified atom stereocenters. The summed E-state index contributed by atoms with van der Waals surface area (Å²) in [6.45, 7) is 9.69. The number of carbonyl (C=O) groups is 1. The van der Waals surface area contributed by atoms with Gasteiger partial charge in [-0.2, -0.15) is 13.2 Å². The van der Waals surface area contributed by atoms with Crippen LogP contribution in [0.2, 0.25) is 0 Å². The molecule has 0 aliphatic heterocycles. The average molecular weight is 520 g/mol. The first-order chi connectivity index (χ1) is 17.3. The zero-order valence-corrected chi connectivity index (χ0v) is 22.6. The Kier molecular flexibility index (Phi) is 8.57. The van der Waals surface area contributed by atoms with E-state index in [0.717, 1.165) is 28.7 Å². The molecule has 0 fully saturated rings. The molecule has 2 heterocycles. The molecule has 0 saturated carbocycles. The molecule has 1 atom stereocenters. The van der Waals surface area contributed by atoms with Gasteiger partial charge in [0.15, 0.2) is 0 Å². The number of halogens is 3. The van der Waals surface area contributed by atoms with Gasteiger partial charge in [0, 0.05) is 54.5 Å². The van der Waals surface area contributed by atoms with Crippen molar-refractivity contribution in [2.45, 2.75) is 59.9 Å². The predicted molar refractivity (Wildman–Crippen MR) is 140 cm³/mol. The number of alkyl halides is 3. The quantitative estimate of drug-likeness (QED) is 0.272. The minimum Gasteiger partial charge on any atom is -0.467 e. The van der Waals surface area contributed by atoms with Crippen molar-refractivity contribution in [2.75, 3.05) is 32.2 Å². The van der Waals surface area contributed by atoms with Crippen LogP contribution in [-0.2, 0) is 27.2 Å². The van der Waals surface area contributed by atoms with Crippen LogP contribution in [0.25, 0.3) is 22.2 Å². The lowest BCUT2D eigenvalue weighted by Crippen LogP contribution is -2.23. The van der Waals surface area contributed by atoms with Gasteiger partial charge in [0.05, 0.1) is 24.1 Å². The van der Waals surface area contributed by atoms with E-state index in [2.05, 4.69) is 4.98 Å². The van der Waals surface area contributed by atoms with E-state index in [0.29, 0.717) is 35.4 Å². The monoisotopic (exact) mass is 519 g/mol. The Morgan fingerprint density at radius 3 is 2.51 bits per heavy atom. The highest BCUT2D eigenvalue weighted by Crippen LogP contribution is 2.42. The standard InChI is InChI=1S/C28H36F3N3O3/c1-8-33(6)20-9-10-24-21(12-20)23(13-27(4,5)16-37-17-35)26(34(24)15-28(29,30)31)22-11-18(2)14-32-25(22)19(3)36-7/h9-12,14,17,19H,8,13,15-16H2,1-7H3. The lowest BCUT2D eigenvalue weighted by atomic mass is 9.84. The minimum atomic E-state index is -4.45. The Balaban J connectivity index is 2.47. The van der Waals surface area contributed by atoms with E-state index in [9.17, 15) is 18.0 Å². The molecular formula is C28H36F3N3O3. The maximum Gasteiger partial charge on any atom is 0.406 e. The molecule has 0 spiro atoms. The summed E-state index contributed by atoms with van der Waals surface area (Å²) in [5.41, 5.74) is 4.05. The number of hydrogen-bond acceptors (Lipinski definition) is 5. The molecule has 1 aromatic carbocycles. The van der Waals surface area contributed by atoms with Gasteiger partial charge < -0.3 is 18.9 Å². The summed E-state index contributed by atoms with van der Waals surface area (Å²) in [5.74, 6) is 0. The molecule has 2 aromatic heterocycles. The molecule has 0 aliphatic rings. The second kappa shape index (κ2) is 11.1. The Bertz CT molecular complexity index is 1250. The molecule has 37 heavy (non-hydrogen) atoms. The SMILES string of the molecule is CCN(C)c1ccc2c(c1)c(CC(C)(C)COC=O)c(-c1cc(C)cnc1C(C)OC)n2CC(F)(F)F. The third kappa shape index (κ3) is 6.44. The molecule has 6 nitrogen and oxygen atoms in total. The number of ether oxygens (including phenoxy) is 2. The molecule has 3 aromatic rings. The van der Waals surface area contributed by atoms with Crippen LogP contribution < -0.4 is 4.90 Å². The number of carbonyl (C=O) groups excluding carboxylic acids is 1. The first kappa shape index (κ1) is 28.5. The fourth-order valence-corrected chi connectivity index (χ4v) is 4.66. The topological polar surface area (TPSA) is 56.6 Å². The first-order valence-electron chi connectivity index (χ1n) is 12.3. The van der Waals surface area contributed by atoms with E-state index in [-0.39, 0.29) is 6.61 Å². The zero-order chi connectivity index (χ0) is 27.5. The number of hydrogen-bond donors (Lipinski definition) is 0. The largest absolute Gasteiger partial charge is 0.467 e. The normalized spacial score (nSPS) is 13.1. The lowest BCUT2D eigenvalue weighted by molar-refractivity contribution is -0.139. The number of benzene rings is 1. The number of nitrogens with zero attached hydrogens (tertiary/aromatic N) is 3. The lowest BCUT2D eigenvalue weighted by Gasteiger charge is -2.25. The average Bonchev–Trinajstić information content (AvgIpc) is 3.11. The van der Waals surface area contributed by atoms with Crippen molar-refractivity contribution >= 4 is 23.1 Å². The summed E-state index contributed by atoms with van der Waals surface area (Å²) >= 11 is 0. The number of anilines is 1. The molecule has 9 heteroatoms. The summed E-state index contributed by atoms with van der Waals surface area (Å²) in [5, 5.41) is 0.730. The van der Waals surface area contributed by atoms with Crippen LogP contribution in [0, 0.1) is 12.3 Å². The van der Waals surface area contributed by atoms with Gasteiger partial charge in [0.25, 0.3) is 6.47 Å². The highest BCUT2D eigenvalue weighted by Gasteiger charge is 2.34. The third-order valence-electron chi connectivity index (χ3n) is 6.65. The second-order valence-electron chi connectivity index (χ2n) is 10.3. The van der Waals surface area contributed by atoms with Crippen molar-refractivity contribution in [2.24, 2.45) is 5.41 Å². The number of aryl methyl sites for hydroxylation is 1. The van der Waals surface area contributed by atoms with Gasteiger partial charge >= 0.3 is 6.18 Å². The van der Waals surface area contributed by atoms with Crippen LogP contribution in [0.4, 0.5) is 18.9 Å². The highest BCUT2D eigenvalue weighted by molar-refractivity contribution is 5.94. The maximum atomic E-state index is 14.0. The van der Waals surface area contributed by atoms with Crippen LogP contribution in [0.15, 0.2) is 30.5 Å². The van der Waals surface area contributed by atoms with Crippen LogP contribution in [0.5, 0.6) is 0 Å². The summed E-state index contributed by atoms with van der Waals surface area (Å²) in [7, 11) is 3.49. The van der Waals surface area contributed by atoms with Crippen molar-refractivity contribution < 1.29 is 27.4 Å². The van der Waals surface area contributed by atoms with Gasteiger partial charge in [-0.3, -0.25) is 9.78 Å². The van der Waals surface area contributed by atoms with Gasteiger partial charge in [0.2, 0.25) is 0 Å². The van der Waals surface area contributed by atoms with Crippen LogP contribution in [-0.4, -0.2) is 49.5 Å². The van der Waals surface area contributed by atoms with Crippen molar-refractivity contribution in [1.29, 1.82) is 0 Å². The van der Waals surface area contributed by atoms with Gasteiger partial charge in [-0.1, -0.05) is 13.8 Å². The molecule has 0 aliphatic carbocycles. The van der Waals surface area contributed by atoms with Gasteiger partial charge in [-0.25, -0.2) is 0 Å². The number of rotatable bonds is 11. The highest BCUT2D eigenvalue weighted by atomic mass is 19.4. The Hall–Kier alpha value is -3.07. The number of methoxy groups -OCH3 is 1. The molecule has 0 N–H and O–H groups in total. The summed E-state index contributed by atoms with van der Waals surface area (Å²) < 4.78 is 54.0. The number of fused-ring (bicyclic) bond motifs is 1. The number of pyridine rings is 1. The third-order valence-corrected chi connectivity index (χ3v) is 6.65. The Morgan fingerprint density at radius 1 is 1.22 bits per heavy atom. The smallest absolute Gasteiger partial charge is 0.406 e. The van der Waals surface area contributed by atoms with E-state index in [1.807, 2.05) is 64.8 Å². The van der Waals surface area contributed by atoms with E-state index in [4.69, 9.17) is 9.47 Å². The molecule has 0 amide bonds. The van der Waals surface area contributed by atoms with E-state index in [1.54, 1.807) is 19.4 Å². The van der Waals surface area contributed by atoms with Crippen LogP contribution in [0.3, 0.4) is 0 Å². The second-order valence-corrected chi connectivity index (χ2v) is 10.3. The molecule has 3 rings (SSSR count). The predicted octanol–water partition coefficient (Wildman–Crippen LogP) is 6.48. The van der Waals surface area contributed by atoms with Crippen molar-refractivity contribution in [3.8, 4) is 11.3 Å². The molecule has 0 saturated heterocycles. The van der Waals surface area contributed by atoms with Gasteiger partial charge in [0.1, 0.15) is 6.54 Å². The van der Waals surface area contributed by atoms with Crippen LogP contribution in [0.1, 0.15) is 50.6 Å². The Labute approximate surface area is 216 Å². The molecule has 202 valence electrons. The first-order valence-corrected chi connectivity index (χ1v) is 12.3. The molecule has 0 bridgehead atoms. The van der Waals surface area contributed by atoms with Crippen molar-refractivity contribution in [3.05, 3.63) is 47.3 Å². The van der Waals surface area contributed by atoms with E-state index >= 15 is 0 Å². The zero-order valence-electron chi connectivity index (χ0n) is 22.6. The van der Waals surface area contributed by atoms with E-state index in [1.165, 1.54) is 4.57 Å². The summed E-state index contributed by atoms with van der Waals surface area (Å²) in [6.07, 6.45) is -2.81. The Morgan fingerprint density at radius 2 is 1.92 bits per heavy atom.